The minimum absolute atomic E-state index is 0.163. The van der Waals surface area contributed by atoms with E-state index in [1.165, 1.54) is 36.4 Å². The smallest absolute Gasteiger partial charge is 0.264 e. The third kappa shape index (κ3) is 6.18. The summed E-state index contributed by atoms with van der Waals surface area (Å²) in [5, 5.41) is 10.6. The molecule has 0 spiro atoms. The maximum Gasteiger partial charge on any atom is 0.264 e. The highest BCUT2D eigenvalue weighted by Gasteiger charge is 2.15. The van der Waals surface area contributed by atoms with Crippen molar-refractivity contribution in [2.75, 3.05) is 31.1 Å². The van der Waals surface area contributed by atoms with Crippen LogP contribution in [-0.4, -0.2) is 51.0 Å². The SMILES string of the molecule is CC(C)(N)c1ccc(-c2nc(=Nc3ccc(CCN4CCSCC4)cc3)n(O)cc2Cl)cc1. The van der Waals surface area contributed by atoms with Crippen molar-refractivity contribution in [3.05, 3.63) is 76.5 Å². The van der Waals surface area contributed by atoms with Gasteiger partial charge in [-0.15, -0.1) is 0 Å². The second-order valence-corrected chi connectivity index (χ2v) is 10.5. The van der Waals surface area contributed by atoms with Gasteiger partial charge in [-0.2, -0.15) is 16.5 Å². The summed E-state index contributed by atoms with van der Waals surface area (Å²) in [5.74, 6) is 2.45. The van der Waals surface area contributed by atoms with Crippen molar-refractivity contribution >= 4 is 29.1 Å². The lowest BCUT2D eigenvalue weighted by Crippen LogP contribution is -2.34. The molecule has 0 amide bonds. The molecule has 2 aromatic carbocycles. The Morgan fingerprint density at radius 3 is 2.39 bits per heavy atom. The first-order chi connectivity index (χ1) is 15.8. The molecular formula is C25H30ClN5OS. The van der Waals surface area contributed by atoms with Crippen LogP contribution < -0.4 is 11.4 Å². The molecule has 0 saturated carbocycles. The van der Waals surface area contributed by atoms with Crippen molar-refractivity contribution in [3.8, 4) is 11.3 Å². The molecule has 1 aliphatic heterocycles. The fraction of sp³-hybridized carbons (Fsp3) is 0.360. The molecule has 0 radical (unpaired) electrons. The molecule has 1 saturated heterocycles. The zero-order chi connectivity index (χ0) is 23.4. The predicted molar refractivity (Wildman–Crippen MR) is 136 cm³/mol. The Labute approximate surface area is 204 Å². The van der Waals surface area contributed by atoms with Gasteiger partial charge in [0.05, 0.1) is 22.6 Å². The zero-order valence-electron chi connectivity index (χ0n) is 19.0. The molecule has 0 unspecified atom stereocenters. The van der Waals surface area contributed by atoms with Crippen LogP contribution in [0.3, 0.4) is 0 Å². The number of benzene rings is 2. The van der Waals surface area contributed by atoms with Crippen LogP contribution in [-0.2, 0) is 12.0 Å². The molecular weight excluding hydrogens is 454 g/mol. The van der Waals surface area contributed by atoms with E-state index in [1.54, 1.807) is 0 Å². The van der Waals surface area contributed by atoms with E-state index in [0.29, 0.717) is 10.7 Å². The van der Waals surface area contributed by atoms with Gasteiger partial charge in [0, 0.05) is 42.2 Å². The van der Waals surface area contributed by atoms with Gasteiger partial charge in [-0.1, -0.05) is 48.0 Å². The first-order valence-corrected chi connectivity index (χ1v) is 12.6. The largest absolute Gasteiger partial charge is 0.425 e. The Kier molecular flexibility index (Phi) is 7.44. The topological polar surface area (TPSA) is 79.7 Å². The Morgan fingerprint density at radius 2 is 1.76 bits per heavy atom. The van der Waals surface area contributed by atoms with Crippen molar-refractivity contribution in [1.29, 1.82) is 0 Å². The molecule has 1 fully saturated rings. The fourth-order valence-corrected chi connectivity index (χ4v) is 4.95. The predicted octanol–water partition coefficient (Wildman–Crippen LogP) is 4.46. The Balaban J connectivity index is 1.54. The lowest BCUT2D eigenvalue weighted by molar-refractivity contribution is 0.167. The number of thioether (sulfide) groups is 1. The molecule has 174 valence electrons. The second kappa shape index (κ2) is 10.3. The van der Waals surface area contributed by atoms with Gasteiger partial charge in [-0.25, -0.2) is 9.98 Å². The fourth-order valence-electron chi connectivity index (χ4n) is 3.73. The van der Waals surface area contributed by atoms with Crippen LogP contribution in [0, 0.1) is 0 Å². The van der Waals surface area contributed by atoms with E-state index in [4.69, 9.17) is 17.3 Å². The first-order valence-electron chi connectivity index (χ1n) is 11.1. The lowest BCUT2D eigenvalue weighted by atomic mass is 9.94. The number of hydrogen-bond acceptors (Lipinski definition) is 6. The van der Waals surface area contributed by atoms with Gasteiger partial charge in [0.25, 0.3) is 5.62 Å². The van der Waals surface area contributed by atoms with Crippen molar-refractivity contribution in [3.63, 3.8) is 0 Å². The van der Waals surface area contributed by atoms with E-state index < -0.39 is 5.54 Å². The highest BCUT2D eigenvalue weighted by molar-refractivity contribution is 7.99. The summed E-state index contributed by atoms with van der Waals surface area (Å²) in [6.45, 7) is 7.34. The summed E-state index contributed by atoms with van der Waals surface area (Å²) < 4.78 is 0.853. The summed E-state index contributed by atoms with van der Waals surface area (Å²) in [6, 6.07) is 15.9. The van der Waals surface area contributed by atoms with Gasteiger partial charge in [0.15, 0.2) is 0 Å². The van der Waals surface area contributed by atoms with E-state index in [9.17, 15) is 5.21 Å². The van der Waals surface area contributed by atoms with Crippen molar-refractivity contribution in [2.24, 2.45) is 10.7 Å². The monoisotopic (exact) mass is 483 g/mol. The van der Waals surface area contributed by atoms with Crippen LogP contribution in [0.4, 0.5) is 5.69 Å². The van der Waals surface area contributed by atoms with Gasteiger partial charge < -0.3 is 15.8 Å². The van der Waals surface area contributed by atoms with Gasteiger partial charge in [-0.3, -0.25) is 0 Å². The minimum Gasteiger partial charge on any atom is -0.425 e. The Hall–Kier alpha value is -2.32. The third-order valence-corrected chi connectivity index (χ3v) is 6.99. The van der Waals surface area contributed by atoms with E-state index in [1.807, 2.05) is 62.0 Å². The van der Waals surface area contributed by atoms with Gasteiger partial charge >= 0.3 is 0 Å². The maximum absolute atomic E-state index is 10.3. The summed E-state index contributed by atoms with van der Waals surface area (Å²) in [4.78, 5) is 11.6. The van der Waals surface area contributed by atoms with Gasteiger partial charge in [0.1, 0.15) is 0 Å². The average Bonchev–Trinajstić information content (AvgIpc) is 2.80. The molecule has 1 aliphatic rings. The van der Waals surface area contributed by atoms with Crippen LogP contribution in [0.1, 0.15) is 25.0 Å². The Bertz CT molecular complexity index is 1150. The number of nitrogens with zero attached hydrogens (tertiary/aromatic N) is 4. The van der Waals surface area contributed by atoms with Crippen LogP contribution >= 0.6 is 23.4 Å². The number of aromatic nitrogens is 2. The second-order valence-electron chi connectivity index (χ2n) is 8.86. The molecule has 8 heteroatoms. The van der Waals surface area contributed by atoms with Crippen LogP contribution in [0.25, 0.3) is 11.3 Å². The average molecular weight is 484 g/mol. The normalized spacial score (nSPS) is 15.7. The highest BCUT2D eigenvalue weighted by Crippen LogP contribution is 2.26. The van der Waals surface area contributed by atoms with Crippen molar-refractivity contribution in [2.45, 2.75) is 25.8 Å². The first kappa shape index (κ1) is 23.8. The third-order valence-electron chi connectivity index (χ3n) is 5.77. The molecule has 2 heterocycles. The zero-order valence-corrected chi connectivity index (χ0v) is 20.6. The Morgan fingerprint density at radius 1 is 1.09 bits per heavy atom. The summed E-state index contributed by atoms with van der Waals surface area (Å²) in [7, 11) is 0. The van der Waals surface area contributed by atoms with E-state index in [-0.39, 0.29) is 5.62 Å². The van der Waals surface area contributed by atoms with E-state index >= 15 is 0 Å². The van der Waals surface area contributed by atoms with Gasteiger partial charge in [-0.05, 0) is 43.5 Å². The highest BCUT2D eigenvalue weighted by atomic mass is 35.5. The molecule has 0 atom stereocenters. The molecule has 0 bridgehead atoms. The number of hydrogen-bond donors (Lipinski definition) is 2. The molecule has 1 aromatic heterocycles. The van der Waals surface area contributed by atoms with Crippen molar-refractivity contribution in [1.82, 2.24) is 14.6 Å². The number of halogens is 1. The molecule has 33 heavy (non-hydrogen) atoms. The lowest BCUT2D eigenvalue weighted by Gasteiger charge is -2.25. The summed E-state index contributed by atoms with van der Waals surface area (Å²) in [6.07, 6.45) is 2.43. The number of nitrogens with two attached hydrogens (primary N) is 1. The maximum atomic E-state index is 10.3. The minimum atomic E-state index is -0.430. The van der Waals surface area contributed by atoms with Crippen LogP contribution in [0.2, 0.25) is 5.02 Å². The van der Waals surface area contributed by atoms with E-state index in [0.717, 1.165) is 34.5 Å². The quantitative estimate of drug-likeness (QED) is 0.506. The standard InChI is InChI=1S/C25H30ClN5OS/c1-25(2,27)20-7-5-19(6-8-20)23-22(26)17-31(32)24(29-23)28-21-9-3-18(4-10-21)11-12-30-13-15-33-16-14-30/h3-10,17,32H,11-16,27H2,1-2H3. The molecule has 0 aliphatic carbocycles. The summed E-state index contributed by atoms with van der Waals surface area (Å²) >= 11 is 8.40. The molecule has 3 N–H and O–H groups in total. The molecule has 3 aromatic rings. The summed E-state index contributed by atoms with van der Waals surface area (Å²) in [5.41, 5.74) is 10.3. The van der Waals surface area contributed by atoms with Gasteiger partial charge in [0.2, 0.25) is 0 Å². The number of rotatable bonds is 6. The molecule has 4 rings (SSSR count). The van der Waals surface area contributed by atoms with Crippen molar-refractivity contribution < 1.29 is 5.21 Å². The molecule has 6 nitrogen and oxygen atoms in total. The van der Waals surface area contributed by atoms with E-state index in [2.05, 4.69) is 27.0 Å². The van der Waals surface area contributed by atoms with Crippen LogP contribution in [0.15, 0.2) is 59.7 Å². The van der Waals surface area contributed by atoms with Crippen LogP contribution in [0.5, 0.6) is 0 Å².